The van der Waals surface area contributed by atoms with Crippen molar-refractivity contribution in [3.8, 4) is 0 Å². The highest BCUT2D eigenvalue weighted by atomic mass is 79.9. The summed E-state index contributed by atoms with van der Waals surface area (Å²) in [6.07, 6.45) is -3.20. The highest BCUT2D eigenvalue weighted by Crippen LogP contribution is 2.35. The number of hydrogen-bond acceptors (Lipinski definition) is 3. The standard InChI is InChI=1S/C13H8BrF3N2O2/c14-9-2-1-7(13(15,16)17)5-10(9)19-8-3-4-18-11(6-8)12(20)21/h1-6H,(H,18,19)(H,20,21). The van der Waals surface area contributed by atoms with Crippen molar-refractivity contribution in [2.45, 2.75) is 6.18 Å². The molecular formula is C13H8BrF3N2O2. The largest absolute Gasteiger partial charge is 0.477 e. The van der Waals surface area contributed by atoms with Gasteiger partial charge in [-0.3, -0.25) is 0 Å². The zero-order valence-electron chi connectivity index (χ0n) is 10.3. The van der Waals surface area contributed by atoms with Crippen LogP contribution in [-0.2, 0) is 6.18 Å². The molecule has 0 bridgehead atoms. The van der Waals surface area contributed by atoms with Gasteiger partial charge in [-0.1, -0.05) is 0 Å². The van der Waals surface area contributed by atoms with Crippen LogP contribution in [0.1, 0.15) is 16.1 Å². The molecule has 8 heteroatoms. The highest BCUT2D eigenvalue weighted by Gasteiger charge is 2.30. The molecule has 0 aliphatic rings. The first-order valence-electron chi connectivity index (χ1n) is 5.60. The molecular weight excluding hydrogens is 353 g/mol. The van der Waals surface area contributed by atoms with Crippen molar-refractivity contribution in [3.63, 3.8) is 0 Å². The number of nitrogens with one attached hydrogen (secondary N) is 1. The van der Waals surface area contributed by atoms with E-state index in [1.165, 1.54) is 24.4 Å². The Kier molecular flexibility index (Phi) is 4.17. The summed E-state index contributed by atoms with van der Waals surface area (Å²) in [6, 6.07) is 5.84. The Morgan fingerprint density at radius 1 is 1.24 bits per heavy atom. The second kappa shape index (κ2) is 5.72. The maximum atomic E-state index is 12.7. The summed E-state index contributed by atoms with van der Waals surface area (Å²) in [6.45, 7) is 0. The number of carboxylic acids is 1. The molecule has 0 unspecified atom stereocenters. The van der Waals surface area contributed by atoms with E-state index < -0.39 is 17.7 Å². The molecule has 0 aliphatic carbocycles. The number of hydrogen-bond donors (Lipinski definition) is 2. The zero-order valence-corrected chi connectivity index (χ0v) is 11.9. The lowest BCUT2D eigenvalue weighted by molar-refractivity contribution is -0.137. The van der Waals surface area contributed by atoms with Crippen molar-refractivity contribution in [1.82, 2.24) is 4.98 Å². The van der Waals surface area contributed by atoms with Gasteiger partial charge in [-0.15, -0.1) is 0 Å². The van der Waals surface area contributed by atoms with Crippen LogP contribution in [0.4, 0.5) is 24.5 Å². The summed E-state index contributed by atoms with van der Waals surface area (Å²) in [5, 5.41) is 11.6. The monoisotopic (exact) mass is 360 g/mol. The van der Waals surface area contributed by atoms with E-state index >= 15 is 0 Å². The smallest absolute Gasteiger partial charge is 0.416 e. The van der Waals surface area contributed by atoms with Gasteiger partial charge in [-0.25, -0.2) is 9.78 Å². The number of aromatic carboxylic acids is 1. The van der Waals surface area contributed by atoms with E-state index in [1.54, 1.807) is 0 Å². The fourth-order valence-electron chi connectivity index (χ4n) is 1.58. The fourth-order valence-corrected chi connectivity index (χ4v) is 1.92. The second-order valence-corrected chi connectivity index (χ2v) is 4.91. The first kappa shape index (κ1) is 15.3. The number of benzene rings is 1. The summed E-state index contributed by atoms with van der Waals surface area (Å²) in [5.74, 6) is -1.22. The highest BCUT2D eigenvalue weighted by molar-refractivity contribution is 9.10. The summed E-state index contributed by atoms with van der Waals surface area (Å²) >= 11 is 3.14. The Bertz CT molecular complexity index is 689. The molecule has 0 atom stereocenters. The third-order valence-electron chi connectivity index (χ3n) is 2.55. The lowest BCUT2D eigenvalue weighted by Gasteiger charge is -2.12. The Labute approximate surface area is 125 Å². The normalized spacial score (nSPS) is 11.2. The number of carbonyl (C=O) groups is 1. The average Bonchev–Trinajstić information content (AvgIpc) is 2.40. The number of rotatable bonds is 3. The fraction of sp³-hybridized carbons (Fsp3) is 0.0769. The van der Waals surface area contributed by atoms with E-state index in [-0.39, 0.29) is 11.4 Å². The van der Waals surface area contributed by atoms with Crippen LogP contribution in [0.25, 0.3) is 0 Å². The predicted octanol–water partition coefficient (Wildman–Crippen LogP) is 4.30. The number of halogens is 4. The first-order chi connectivity index (χ1) is 9.77. The second-order valence-electron chi connectivity index (χ2n) is 4.05. The first-order valence-corrected chi connectivity index (χ1v) is 6.40. The van der Waals surface area contributed by atoms with Gasteiger partial charge in [-0.05, 0) is 46.3 Å². The van der Waals surface area contributed by atoms with Gasteiger partial charge in [-0.2, -0.15) is 13.2 Å². The van der Waals surface area contributed by atoms with Gasteiger partial charge < -0.3 is 10.4 Å². The number of carboxylic acid groups (broad SMARTS) is 1. The molecule has 0 spiro atoms. The van der Waals surface area contributed by atoms with E-state index in [9.17, 15) is 18.0 Å². The van der Waals surface area contributed by atoms with Crippen molar-refractivity contribution in [2.75, 3.05) is 5.32 Å². The van der Waals surface area contributed by atoms with Crippen LogP contribution in [0.2, 0.25) is 0 Å². The number of pyridine rings is 1. The van der Waals surface area contributed by atoms with Crippen LogP contribution in [0.15, 0.2) is 41.0 Å². The van der Waals surface area contributed by atoms with E-state index in [2.05, 4.69) is 26.2 Å². The molecule has 0 saturated heterocycles. The van der Waals surface area contributed by atoms with Gasteiger partial charge >= 0.3 is 12.1 Å². The van der Waals surface area contributed by atoms with Gasteiger partial charge in [0.1, 0.15) is 5.69 Å². The van der Waals surface area contributed by atoms with Crippen molar-refractivity contribution in [1.29, 1.82) is 0 Å². The molecule has 110 valence electrons. The molecule has 0 fully saturated rings. The van der Waals surface area contributed by atoms with Crippen molar-refractivity contribution >= 4 is 33.3 Å². The van der Waals surface area contributed by atoms with Gasteiger partial charge in [0, 0.05) is 16.4 Å². The Balaban J connectivity index is 2.35. The molecule has 0 aliphatic heterocycles. The number of nitrogens with zero attached hydrogens (tertiary/aromatic N) is 1. The Morgan fingerprint density at radius 2 is 1.95 bits per heavy atom. The lowest BCUT2D eigenvalue weighted by atomic mass is 10.2. The molecule has 2 rings (SSSR count). The minimum atomic E-state index is -4.46. The SMILES string of the molecule is O=C(O)c1cc(Nc2cc(C(F)(F)F)ccc2Br)ccn1. The van der Waals surface area contributed by atoms with E-state index in [4.69, 9.17) is 5.11 Å². The summed E-state index contributed by atoms with van der Waals surface area (Å²) < 4.78 is 38.5. The Hall–Kier alpha value is -2.09. The molecule has 1 heterocycles. The topological polar surface area (TPSA) is 62.2 Å². The van der Waals surface area contributed by atoms with Crippen molar-refractivity contribution < 1.29 is 23.1 Å². The van der Waals surface area contributed by atoms with Gasteiger partial charge in [0.05, 0.1) is 11.3 Å². The summed E-state index contributed by atoms with van der Waals surface area (Å²) in [5.41, 5.74) is -0.515. The van der Waals surface area contributed by atoms with Gasteiger partial charge in [0.15, 0.2) is 0 Å². The molecule has 0 saturated carbocycles. The quantitative estimate of drug-likeness (QED) is 0.856. The lowest BCUT2D eigenvalue weighted by Crippen LogP contribution is -2.06. The minimum Gasteiger partial charge on any atom is -0.477 e. The minimum absolute atomic E-state index is 0.173. The third kappa shape index (κ3) is 3.72. The Morgan fingerprint density at radius 3 is 2.57 bits per heavy atom. The molecule has 21 heavy (non-hydrogen) atoms. The van der Waals surface area contributed by atoms with Crippen LogP contribution in [0, 0.1) is 0 Å². The molecule has 0 amide bonds. The predicted molar refractivity (Wildman–Crippen MR) is 73.6 cm³/mol. The molecule has 2 N–H and O–H groups in total. The molecule has 1 aromatic carbocycles. The van der Waals surface area contributed by atoms with Crippen molar-refractivity contribution in [2.24, 2.45) is 0 Å². The average molecular weight is 361 g/mol. The van der Waals surface area contributed by atoms with Crippen LogP contribution in [0.3, 0.4) is 0 Å². The molecule has 2 aromatic rings. The van der Waals surface area contributed by atoms with Gasteiger partial charge in [0.2, 0.25) is 0 Å². The summed E-state index contributed by atoms with van der Waals surface area (Å²) in [7, 11) is 0. The zero-order chi connectivity index (χ0) is 15.6. The van der Waals surface area contributed by atoms with E-state index in [1.807, 2.05) is 0 Å². The van der Waals surface area contributed by atoms with Crippen molar-refractivity contribution in [3.05, 3.63) is 52.3 Å². The molecule has 4 nitrogen and oxygen atoms in total. The molecule has 1 aromatic heterocycles. The summed E-state index contributed by atoms with van der Waals surface area (Å²) in [4.78, 5) is 14.4. The van der Waals surface area contributed by atoms with Gasteiger partial charge in [0.25, 0.3) is 0 Å². The number of alkyl halides is 3. The van der Waals surface area contributed by atoms with Crippen LogP contribution in [-0.4, -0.2) is 16.1 Å². The number of aromatic nitrogens is 1. The van der Waals surface area contributed by atoms with Crippen LogP contribution >= 0.6 is 15.9 Å². The van der Waals surface area contributed by atoms with E-state index in [0.717, 1.165) is 12.1 Å². The van der Waals surface area contributed by atoms with E-state index in [0.29, 0.717) is 10.2 Å². The number of anilines is 2. The maximum Gasteiger partial charge on any atom is 0.416 e. The maximum absolute atomic E-state index is 12.7. The molecule has 0 radical (unpaired) electrons. The third-order valence-corrected chi connectivity index (χ3v) is 3.24. The van der Waals surface area contributed by atoms with Crippen LogP contribution in [0.5, 0.6) is 0 Å². The van der Waals surface area contributed by atoms with Crippen LogP contribution < -0.4 is 5.32 Å².